The number of likely N-dealkylation sites (tertiary alicyclic amines) is 1. The Hall–Kier alpha value is -3.38. The monoisotopic (exact) mass is 562 g/mol. The Kier molecular flexibility index (Phi) is 14.2. The van der Waals surface area contributed by atoms with Crippen LogP contribution in [0.1, 0.15) is 56.6 Å². The molecule has 1 aliphatic rings. The number of unbranched alkanes of at least 4 members (excludes halogenated alkanes) is 1. The van der Waals surface area contributed by atoms with E-state index in [-0.39, 0.29) is 6.42 Å². The number of aliphatic hydroxyl groups excluding tert-OH is 2. The molecule has 1 unspecified atom stereocenters. The SMILES string of the molecule is C=CC(=C\C=C(/C)Cl)/C(=N/C=C/C)C(CCCCC(O)O)=N/C=C/C(=C)C(O)N1CC(c2ccc(C#N)cc2)C1. The molecule has 1 atom stereocenters. The summed E-state index contributed by atoms with van der Waals surface area (Å²) < 4.78 is 0. The number of aliphatic hydroxyl groups is 3. The third-order valence-corrected chi connectivity index (χ3v) is 6.48. The molecule has 1 aromatic rings. The van der Waals surface area contributed by atoms with Gasteiger partial charge in [0.05, 0.1) is 23.1 Å². The van der Waals surface area contributed by atoms with Crippen LogP contribution in [0.5, 0.6) is 0 Å². The van der Waals surface area contributed by atoms with E-state index in [0.29, 0.717) is 65.9 Å². The largest absolute Gasteiger partial charge is 0.374 e. The highest BCUT2D eigenvalue weighted by Gasteiger charge is 2.33. The summed E-state index contributed by atoms with van der Waals surface area (Å²) in [6.45, 7) is 13.0. The molecule has 2 rings (SSSR count). The Morgan fingerprint density at radius 3 is 2.42 bits per heavy atom. The van der Waals surface area contributed by atoms with Gasteiger partial charge in [-0.1, -0.05) is 55.1 Å². The van der Waals surface area contributed by atoms with Gasteiger partial charge >= 0.3 is 0 Å². The Bertz CT molecular complexity index is 1220. The lowest BCUT2D eigenvalue weighted by Crippen LogP contribution is -2.51. The van der Waals surface area contributed by atoms with Crippen molar-refractivity contribution in [2.24, 2.45) is 9.98 Å². The summed E-state index contributed by atoms with van der Waals surface area (Å²) in [7, 11) is 0. The van der Waals surface area contributed by atoms with Crippen LogP contribution >= 0.6 is 11.6 Å². The van der Waals surface area contributed by atoms with Gasteiger partial charge in [0.25, 0.3) is 0 Å². The van der Waals surface area contributed by atoms with Crippen molar-refractivity contribution in [3.05, 3.63) is 108 Å². The first-order chi connectivity index (χ1) is 19.2. The third-order valence-electron chi connectivity index (χ3n) is 6.36. The number of benzene rings is 1. The van der Waals surface area contributed by atoms with Crippen molar-refractivity contribution in [1.82, 2.24) is 4.90 Å². The van der Waals surface area contributed by atoms with E-state index < -0.39 is 12.5 Å². The first kappa shape index (κ1) is 32.8. The molecule has 1 heterocycles. The average molecular weight is 563 g/mol. The zero-order chi connectivity index (χ0) is 29.5. The van der Waals surface area contributed by atoms with Gasteiger partial charge in [0.2, 0.25) is 0 Å². The second-order valence-corrected chi connectivity index (χ2v) is 10.1. The molecule has 8 heteroatoms. The summed E-state index contributed by atoms with van der Waals surface area (Å²) in [5.74, 6) is 0.293. The van der Waals surface area contributed by atoms with Crippen molar-refractivity contribution in [3.63, 3.8) is 0 Å². The summed E-state index contributed by atoms with van der Waals surface area (Å²) in [5, 5.41) is 38.8. The van der Waals surface area contributed by atoms with Crippen LogP contribution in [-0.2, 0) is 0 Å². The Morgan fingerprint density at radius 1 is 1.15 bits per heavy atom. The molecular formula is C32H39ClN4O3. The summed E-state index contributed by atoms with van der Waals surface area (Å²) in [5.41, 5.74) is 4.32. The van der Waals surface area contributed by atoms with Gasteiger partial charge in [-0.25, -0.2) is 0 Å². The van der Waals surface area contributed by atoms with E-state index in [1.54, 1.807) is 37.6 Å². The number of allylic oxidation sites excluding steroid dienone is 6. The number of halogens is 1. The van der Waals surface area contributed by atoms with Crippen LogP contribution in [0.25, 0.3) is 0 Å². The topological polar surface area (TPSA) is 112 Å². The average Bonchev–Trinajstić information content (AvgIpc) is 2.91. The molecule has 1 saturated heterocycles. The van der Waals surface area contributed by atoms with Gasteiger partial charge in [-0.2, -0.15) is 5.26 Å². The van der Waals surface area contributed by atoms with Gasteiger partial charge in [-0.15, -0.1) is 0 Å². The van der Waals surface area contributed by atoms with Crippen molar-refractivity contribution in [3.8, 4) is 6.07 Å². The number of hydrogen-bond acceptors (Lipinski definition) is 7. The number of nitrogens with zero attached hydrogens (tertiary/aromatic N) is 4. The molecule has 0 saturated carbocycles. The van der Waals surface area contributed by atoms with Crippen LogP contribution in [0.2, 0.25) is 0 Å². The summed E-state index contributed by atoms with van der Waals surface area (Å²) in [6.07, 6.45) is 11.9. The molecule has 40 heavy (non-hydrogen) atoms. The smallest absolute Gasteiger partial charge is 0.151 e. The molecule has 0 aromatic heterocycles. The van der Waals surface area contributed by atoms with Crippen LogP contribution < -0.4 is 0 Å². The van der Waals surface area contributed by atoms with Gasteiger partial charge in [-0.05, 0) is 75.0 Å². The van der Waals surface area contributed by atoms with Crippen molar-refractivity contribution in [1.29, 1.82) is 5.26 Å². The fourth-order valence-electron chi connectivity index (χ4n) is 4.07. The Morgan fingerprint density at radius 2 is 1.85 bits per heavy atom. The van der Waals surface area contributed by atoms with Crippen molar-refractivity contribution >= 4 is 23.0 Å². The maximum Gasteiger partial charge on any atom is 0.151 e. The first-order valence-corrected chi connectivity index (χ1v) is 13.6. The highest BCUT2D eigenvalue weighted by atomic mass is 35.5. The van der Waals surface area contributed by atoms with E-state index in [0.717, 1.165) is 11.1 Å². The molecule has 0 radical (unpaired) electrons. The summed E-state index contributed by atoms with van der Waals surface area (Å²) >= 11 is 6.04. The maximum atomic E-state index is 10.8. The predicted molar refractivity (Wildman–Crippen MR) is 164 cm³/mol. The highest BCUT2D eigenvalue weighted by molar-refractivity contribution is 6.49. The predicted octanol–water partition coefficient (Wildman–Crippen LogP) is 5.89. The number of hydrogen-bond donors (Lipinski definition) is 3. The number of aliphatic imine (C=N–C) groups is 2. The van der Waals surface area contributed by atoms with Crippen LogP contribution in [-0.4, -0.2) is 57.3 Å². The molecule has 1 aromatic carbocycles. The highest BCUT2D eigenvalue weighted by Crippen LogP contribution is 2.30. The van der Waals surface area contributed by atoms with E-state index in [1.165, 1.54) is 0 Å². The fourth-order valence-corrected chi connectivity index (χ4v) is 4.14. The first-order valence-electron chi connectivity index (χ1n) is 13.3. The van der Waals surface area contributed by atoms with E-state index in [1.807, 2.05) is 48.2 Å². The maximum absolute atomic E-state index is 10.8. The molecule has 0 aliphatic carbocycles. The fraction of sp³-hybridized carbons (Fsp3) is 0.344. The van der Waals surface area contributed by atoms with Crippen molar-refractivity contribution < 1.29 is 15.3 Å². The molecule has 0 amide bonds. The van der Waals surface area contributed by atoms with Gasteiger partial charge in [0.15, 0.2) is 6.29 Å². The molecular weight excluding hydrogens is 524 g/mol. The van der Waals surface area contributed by atoms with Crippen LogP contribution in [0, 0.1) is 11.3 Å². The Labute approximate surface area is 242 Å². The molecule has 1 aliphatic heterocycles. The minimum atomic E-state index is -1.35. The summed E-state index contributed by atoms with van der Waals surface area (Å²) in [4.78, 5) is 11.2. The van der Waals surface area contributed by atoms with Crippen molar-refractivity contribution in [2.45, 2.75) is 58.0 Å². The minimum Gasteiger partial charge on any atom is -0.374 e. The molecule has 212 valence electrons. The molecule has 3 N–H and O–H groups in total. The lowest BCUT2D eigenvalue weighted by atomic mass is 9.90. The normalized spacial score (nSPS) is 16.9. The van der Waals surface area contributed by atoms with Crippen LogP contribution in [0.3, 0.4) is 0 Å². The van der Waals surface area contributed by atoms with Crippen LogP contribution in [0.4, 0.5) is 0 Å². The van der Waals surface area contributed by atoms with Gasteiger partial charge in [-0.3, -0.25) is 14.9 Å². The molecule has 0 spiro atoms. The molecule has 1 fully saturated rings. The van der Waals surface area contributed by atoms with E-state index in [4.69, 9.17) is 16.9 Å². The summed E-state index contributed by atoms with van der Waals surface area (Å²) in [6, 6.07) is 9.67. The van der Waals surface area contributed by atoms with Gasteiger partial charge < -0.3 is 15.3 Å². The van der Waals surface area contributed by atoms with E-state index in [2.05, 4.69) is 29.2 Å². The van der Waals surface area contributed by atoms with Gasteiger partial charge in [0, 0.05) is 42.0 Å². The van der Waals surface area contributed by atoms with Crippen molar-refractivity contribution in [2.75, 3.05) is 13.1 Å². The second-order valence-electron chi connectivity index (χ2n) is 9.49. The number of nitriles is 1. The third kappa shape index (κ3) is 10.6. The minimum absolute atomic E-state index is 0.269. The number of rotatable bonds is 15. The zero-order valence-electron chi connectivity index (χ0n) is 23.2. The van der Waals surface area contributed by atoms with Gasteiger partial charge in [0.1, 0.15) is 6.23 Å². The quantitative estimate of drug-likeness (QED) is 0.107. The second kappa shape index (κ2) is 17.3. The molecule has 0 bridgehead atoms. The lowest BCUT2D eigenvalue weighted by molar-refractivity contribution is -0.0464. The van der Waals surface area contributed by atoms with Crippen LogP contribution in [0.15, 0.2) is 106 Å². The molecule has 7 nitrogen and oxygen atoms in total. The van der Waals surface area contributed by atoms with E-state index >= 15 is 0 Å². The van der Waals surface area contributed by atoms with E-state index in [9.17, 15) is 15.3 Å². The Balaban J connectivity index is 2.19. The lowest BCUT2D eigenvalue weighted by Gasteiger charge is -2.42. The zero-order valence-corrected chi connectivity index (χ0v) is 24.0. The standard InChI is InChI=1S/C32H39ClN4O3/c1-5-18-36-31(26(6-2)14-11-24(4)33)29(9-7-8-10-30(38)39)35-19-17-23(3)32(40)37-21-28(22-37)27-15-12-25(20-34)13-16-27/h5-6,11-19,28,30,32,38-40H,2-3,7-10,21-22H2,1,4H3/b18-5+,19-17+,24-11+,26-14+,35-29?,36-31-.